The van der Waals surface area contributed by atoms with Gasteiger partial charge in [0.1, 0.15) is 11.6 Å². The fraction of sp³-hybridized carbons (Fsp3) is 0.238. The molecule has 3 N–H and O–H groups in total. The van der Waals surface area contributed by atoms with Gasteiger partial charge in [-0.05, 0) is 30.7 Å². The van der Waals surface area contributed by atoms with E-state index in [1.54, 1.807) is 36.3 Å². The van der Waals surface area contributed by atoms with Gasteiger partial charge in [0.2, 0.25) is 0 Å². The Morgan fingerprint density at radius 2 is 1.91 bits per heavy atom. The molecule has 0 bridgehead atoms. The molecule has 0 aliphatic carbocycles. The van der Waals surface area contributed by atoms with Crippen molar-refractivity contribution in [1.82, 2.24) is 25.0 Å². The van der Waals surface area contributed by atoms with Crippen LogP contribution in [0.25, 0.3) is 11.1 Å². The minimum atomic E-state index is -0.542. The molecule has 2 aromatic heterocycles. The summed E-state index contributed by atoms with van der Waals surface area (Å²) in [5, 5.41) is 7.78. The molecule has 4 rings (SSSR count). The third-order valence-corrected chi connectivity index (χ3v) is 5.46. The summed E-state index contributed by atoms with van der Waals surface area (Å²) in [4.78, 5) is 30.9. The monoisotopic (exact) mass is 474 g/mol. The zero-order chi connectivity index (χ0) is 22.8. The van der Waals surface area contributed by atoms with Crippen molar-refractivity contribution in [2.45, 2.75) is 12.5 Å². The molecular formula is C21H20Cl2N6O3. The largest absolute Gasteiger partial charge is 0.415 e. The lowest BCUT2D eigenvalue weighted by molar-refractivity contribution is 0.0937. The van der Waals surface area contributed by atoms with E-state index in [1.165, 1.54) is 17.0 Å². The molecule has 3 heterocycles. The second-order valence-corrected chi connectivity index (χ2v) is 8.31. The van der Waals surface area contributed by atoms with Gasteiger partial charge in [0.25, 0.3) is 5.91 Å². The Bertz CT molecular complexity index is 1160. The van der Waals surface area contributed by atoms with Crippen molar-refractivity contribution in [1.29, 1.82) is 0 Å². The predicted octanol–water partition coefficient (Wildman–Crippen LogP) is 3.37. The first-order valence-electron chi connectivity index (χ1n) is 9.77. The Balaban J connectivity index is 1.39. The number of nitrogens with two attached hydrogens (primary N) is 1. The van der Waals surface area contributed by atoms with Gasteiger partial charge in [-0.1, -0.05) is 23.2 Å². The Morgan fingerprint density at radius 3 is 2.59 bits per heavy atom. The van der Waals surface area contributed by atoms with Crippen LogP contribution in [0.15, 0.2) is 42.9 Å². The van der Waals surface area contributed by atoms with Crippen LogP contribution in [0, 0.1) is 0 Å². The van der Waals surface area contributed by atoms with E-state index >= 15 is 0 Å². The third-order valence-electron chi connectivity index (χ3n) is 5.02. The maximum atomic E-state index is 12.8. The molecule has 3 aromatic rings. The van der Waals surface area contributed by atoms with Crippen molar-refractivity contribution < 1.29 is 14.3 Å². The molecule has 166 valence electrons. The second-order valence-electron chi connectivity index (χ2n) is 7.44. The number of amides is 2. The number of halogens is 2. The number of ether oxygens (including phenoxy) is 1. The Hall–Kier alpha value is -3.30. The number of aromatic nitrogens is 3. The van der Waals surface area contributed by atoms with E-state index in [9.17, 15) is 9.59 Å². The number of pyridine rings is 1. The predicted molar refractivity (Wildman–Crippen MR) is 121 cm³/mol. The summed E-state index contributed by atoms with van der Waals surface area (Å²) in [6.45, 7) is 0.732. The van der Waals surface area contributed by atoms with Crippen LogP contribution in [-0.2, 0) is 7.05 Å². The van der Waals surface area contributed by atoms with E-state index < -0.39 is 6.09 Å². The van der Waals surface area contributed by atoms with Crippen molar-refractivity contribution in [3.8, 4) is 16.9 Å². The van der Waals surface area contributed by atoms with Gasteiger partial charge in [0.15, 0.2) is 0 Å². The van der Waals surface area contributed by atoms with E-state index in [0.717, 1.165) is 11.1 Å². The number of carbonyl (C=O) groups excluding carboxylic acids is 2. The Morgan fingerprint density at radius 1 is 1.16 bits per heavy atom. The van der Waals surface area contributed by atoms with E-state index in [2.05, 4.69) is 15.4 Å². The lowest BCUT2D eigenvalue weighted by Crippen LogP contribution is -2.39. The average molecular weight is 475 g/mol. The molecule has 32 heavy (non-hydrogen) atoms. The number of rotatable bonds is 4. The van der Waals surface area contributed by atoms with Crippen molar-refractivity contribution in [2.75, 3.05) is 18.8 Å². The lowest BCUT2D eigenvalue weighted by Gasteiger charge is -2.17. The number of hydrogen-bond acceptors (Lipinski definition) is 6. The molecule has 0 unspecified atom stereocenters. The van der Waals surface area contributed by atoms with Gasteiger partial charge < -0.3 is 20.7 Å². The number of likely N-dealkylation sites (tertiary alicyclic amines) is 1. The Labute approximate surface area is 194 Å². The molecule has 9 nitrogen and oxygen atoms in total. The summed E-state index contributed by atoms with van der Waals surface area (Å²) in [6.07, 6.45) is 5.13. The first-order chi connectivity index (χ1) is 15.3. The van der Waals surface area contributed by atoms with Gasteiger partial charge in [-0.3, -0.25) is 9.48 Å². The van der Waals surface area contributed by atoms with E-state index in [4.69, 9.17) is 33.7 Å². The van der Waals surface area contributed by atoms with Crippen LogP contribution >= 0.6 is 23.2 Å². The highest BCUT2D eigenvalue weighted by atomic mass is 35.5. The fourth-order valence-electron chi connectivity index (χ4n) is 3.45. The van der Waals surface area contributed by atoms with Crippen molar-refractivity contribution >= 4 is 41.0 Å². The minimum Gasteiger partial charge on any atom is -0.410 e. The molecule has 1 fully saturated rings. The van der Waals surface area contributed by atoms with Gasteiger partial charge in [0, 0.05) is 59.7 Å². The third kappa shape index (κ3) is 4.95. The molecule has 1 aliphatic heterocycles. The van der Waals surface area contributed by atoms with Crippen molar-refractivity contribution in [3.63, 3.8) is 0 Å². The number of benzene rings is 1. The molecule has 1 aliphatic rings. The fourth-order valence-corrected chi connectivity index (χ4v) is 3.95. The zero-order valence-corrected chi connectivity index (χ0v) is 18.6. The van der Waals surface area contributed by atoms with Crippen LogP contribution in [0.3, 0.4) is 0 Å². The zero-order valence-electron chi connectivity index (χ0n) is 17.1. The number of anilines is 1. The van der Waals surface area contributed by atoms with Gasteiger partial charge in [-0.2, -0.15) is 5.10 Å². The molecular weight excluding hydrogens is 455 g/mol. The summed E-state index contributed by atoms with van der Waals surface area (Å²) in [7, 11) is 1.81. The highest BCUT2D eigenvalue weighted by Gasteiger charge is 2.29. The number of hydrogen-bond donors (Lipinski definition) is 2. The number of nitrogens with zero attached hydrogens (tertiary/aromatic N) is 4. The molecule has 0 saturated carbocycles. The van der Waals surface area contributed by atoms with Crippen LogP contribution in [0.5, 0.6) is 5.75 Å². The topological polar surface area (TPSA) is 115 Å². The van der Waals surface area contributed by atoms with Crippen LogP contribution in [-0.4, -0.2) is 50.8 Å². The molecule has 1 saturated heterocycles. The molecule has 2 amide bonds. The van der Waals surface area contributed by atoms with Crippen LogP contribution in [0.4, 0.5) is 10.6 Å². The SMILES string of the molecule is Cn1cc(-c2cnc(N)c(C(=O)N[C@@H]3CCN(C(=O)Oc4cc(Cl)cc(Cl)c4)C3)c2)cn1. The number of aryl methyl sites for hydroxylation is 1. The first kappa shape index (κ1) is 21.9. The summed E-state index contributed by atoms with van der Waals surface area (Å²) in [5.74, 6) is 0.0240. The first-order valence-corrected chi connectivity index (χ1v) is 10.5. The van der Waals surface area contributed by atoms with Crippen molar-refractivity contribution in [3.05, 3.63) is 58.5 Å². The molecule has 0 radical (unpaired) electrons. The minimum absolute atomic E-state index is 0.127. The van der Waals surface area contributed by atoms with E-state index in [0.29, 0.717) is 29.6 Å². The number of nitrogens with one attached hydrogen (secondary N) is 1. The molecule has 0 spiro atoms. The molecule has 1 aromatic carbocycles. The van der Waals surface area contributed by atoms with Crippen LogP contribution < -0.4 is 15.8 Å². The molecule has 11 heteroatoms. The Kier molecular flexibility index (Phi) is 6.20. The maximum Gasteiger partial charge on any atom is 0.415 e. The normalized spacial score (nSPS) is 15.6. The van der Waals surface area contributed by atoms with Crippen LogP contribution in [0.1, 0.15) is 16.8 Å². The highest BCUT2D eigenvalue weighted by molar-refractivity contribution is 6.34. The van der Waals surface area contributed by atoms with Crippen LogP contribution in [0.2, 0.25) is 10.0 Å². The van der Waals surface area contributed by atoms with Gasteiger partial charge >= 0.3 is 6.09 Å². The summed E-state index contributed by atoms with van der Waals surface area (Å²) < 4.78 is 7.01. The second kappa shape index (κ2) is 9.05. The summed E-state index contributed by atoms with van der Waals surface area (Å²) in [6, 6.07) is 5.99. The number of carbonyl (C=O) groups is 2. The maximum absolute atomic E-state index is 12.8. The van der Waals surface area contributed by atoms with E-state index in [1.807, 2.05) is 6.20 Å². The highest BCUT2D eigenvalue weighted by Crippen LogP contribution is 2.25. The smallest absolute Gasteiger partial charge is 0.410 e. The van der Waals surface area contributed by atoms with Gasteiger partial charge in [-0.15, -0.1) is 0 Å². The standard InChI is InChI=1S/C21H20Cl2N6O3/c1-28-10-13(9-26-28)12-4-18(19(24)25-8-12)20(30)27-16-2-3-29(11-16)21(31)32-17-6-14(22)5-15(23)7-17/h4-10,16H,2-3,11H2,1H3,(H2,24,25)(H,27,30)/t16-/m1/s1. The summed E-state index contributed by atoms with van der Waals surface area (Å²) in [5.41, 5.74) is 7.75. The van der Waals surface area contributed by atoms with Crippen molar-refractivity contribution in [2.24, 2.45) is 7.05 Å². The molecule has 1 atom stereocenters. The quantitative estimate of drug-likeness (QED) is 0.598. The van der Waals surface area contributed by atoms with E-state index in [-0.39, 0.29) is 29.1 Å². The average Bonchev–Trinajstić information content (AvgIpc) is 3.36. The summed E-state index contributed by atoms with van der Waals surface area (Å²) >= 11 is 11.9. The van der Waals surface area contributed by atoms with Gasteiger partial charge in [-0.25, -0.2) is 9.78 Å². The van der Waals surface area contributed by atoms with Gasteiger partial charge in [0.05, 0.1) is 11.8 Å². The lowest BCUT2D eigenvalue weighted by atomic mass is 10.1. The number of nitrogen functional groups attached to an aromatic ring is 1.